The van der Waals surface area contributed by atoms with Crippen LogP contribution >= 0.6 is 11.8 Å². The summed E-state index contributed by atoms with van der Waals surface area (Å²) in [6.45, 7) is 3.84. The Balaban J connectivity index is 1.91. The summed E-state index contributed by atoms with van der Waals surface area (Å²) in [7, 11) is -3.81. The number of hydrogen-bond acceptors (Lipinski definition) is 4. The Morgan fingerprint density at radius 2 is 1.80 bits per heavy atom. The van der Waals surface area contributed by atoms with Crippen molar-refractivity contribution >= 4 is 32.9 Å². The molecule has 0 unspecified atom stereocenters. The monoisotopic (exact) mass is 380 g/mol. The van der Waals surface area contributed by atoms with Gasteiger partial charge in [0.2, 0.25) is 5.91 Å². The van der Waals surface area contributed by atoms with Crippen molar-refractivity contribution in [1.82, 2.24) is 4.90 Å². The lowest BCUT2D eigenvalue weighted by molar-refractivity contribution is -0.127. The summed E-state index contributed by atoms with van der Waals surface area (Å²) in [5.41, 5.74) is 1.08. The van der Waals surface area contributed by atoms with Crippen LogP contribution in [0, 0.1) is 0 Å². The number of sulfonamides is 1. The topological polar surface area (TPSA) is 66.8 Å². The maximum Gasteiger partial charge on any atom is 0.284 e. The third-order valence-electron chi connectivity index (χ3n) is 4.84. The van der Waals surface area contributed by atoms with Crippen LogP contribution in [0.3, 0.4) is 0 Å². The Labute approximate surface area is 153 Å². The molecule has 2 aliphatic rings. The van der Waals surface area contributed by atoms with Crippen LogP contribution in [0.15, 0.2) is 33.6 Å². The van der Waals surface area contributed by atoms with Crippen LogP contribution in [0.1, 0.15) is 51.5 Å². The van der Waals surface area contributed by atoms with Gasteiger partial charge in [0.05, 0.1) is 10.1 Å². The number of rotatable bonds is 4. The molecule has 1 atom stereocenters. The van der Waals surface area contributed by atoms with Crippen molar-refractivity contribution in [2.24, 2.45) is 4.40 Å². The van der Waals surface area contributed by atoms with Gasteiger partial charge in [0, 0.05) is 6.04 Å². The number of carbonyl (C=O) groups excluding carboxylic acids is 1. The van der Waals surface area contributed by atoms with E-state index in [2.05, 4.69) is 4.40 Å². The minimum Gasteiger partial charge on any atom is -0.287 e. The average molecular weight is 381 g/mol. The minimum atomic E-state index is -3.81. The third kappa shape index (κ3) is 3.92. The summed E-state index contributed by atoms with van der Waals surface area (Å²) in [4.78, 5) is 14.4. The molecule has 1 saturated carbocycles. The number of nitrogens with zero attached hydrogens (tertiary/aromatic N) is 2. The summed E-state index contributed by atoms with van der Waals surface area (Å²) in [6.07, 6.45) is 6.02. The van der Waals surface area contributed by atoms with Gasteiger partial charge >= 0.3 is 0 Å². The maximum absolute atomic E-state index is 12.7. The lowest BCUT2D eigenvalue weighted by atomic mass is 9.94. The zero-order chi connectivity index (χ0) is 18.0. The highest BCUT2D eigenvalue weighted by Crippen LogP contribution is 2.34. The van der Waals surface area contributed by atoms with Gasteiger partial charge in [-0.25, -0.2) is 0 Å². The third-order valence-corrected chi connectivity index (χ3v) is 7.29. The van der Waals surface area contributed by atoms with Crippen molar-refractivity contribution < 1.29 is 13.2 Å². The van der Waals surface area contributed by atoms with Gasteiger partial charge in [-0.3, -0.25) is 9.69 Å². The first-order valence-electron chi connectivity index (χ1n) is 8.86. The predicted octanol–water partition coefficient (Wildman–Crippen LogP) is 3.59. The zero-order valence-corrected chi connectivity index (χ0v) is 16.3. The van der Waals surface area contributed by atoms with Gasteiger partial charge in [0.1, 0.15) is 0 Å². The Bertz CT molecular complexity index is 766. The van der Waals surface area contributed by atoms with Crippen LogP contribution < -0.4 is 0 Å². The fraction of sp³-hybridized carbons (Fsp3) is 0.556. The Hall–Kier alpha value is -1.34. The van der Waals surface area contributed by atoms with Gasteiger partial charge in [-0.05, 0) is 43.9 Å². The van der Waals surface area contributed by atoms with E-state index >= 15 is 0 Å². The van der Waals surface area contributed by atoms with E-state index in [1.807, 2.05) is 26.0 Å². The van der Waals surface area contributed by atoms with Gasteiger partial charge in [-0.1, -0.05) is 50.1 Å². The Morgan fingerprint density at radius 1 is 1.16 bits per heavy atom. The first kappa shape index (κ1) is 18.5. The standard InChI is InChI=1S/C18H24N2O3S2/c1-3-14-9-11-16(12-10-14)25(22,23)19-18-20(17(21)13(2)24-18)15-7-5-4-6-8-15/h9-13,15H,3-8H2,1-2H3/t13-/m1/s1. The molecule has 1 aromatic carbocycles. The summed E-state index contributed by atoms with van der Waals surface area (Å²) in [5.74, 6) is -0.0211. The van der Waals surface area contributed by atoms with Crippen molar-refractivity contribution in [2.45, 2.75) is 68.6 Å². The maximum atomic E-state index is 12.7. The van der Waals surface area contributed by atoms with Gasteiger partial charge in [-0.2, -0.15) is 8.42 Å². The second-order valence-corrected chi connectivity index (χ2v) is 9.52. The number of amides is 1. The Morgan fingerprint density at radius 3 is 2.40 bits per heavy atom. The molecular formula is C18H24N2O3S2. The number of thioether (sulfide) groups is 1. The van der Waals surface area contributed by atoms with Crippen LogP contribution in [0.5, 0.6) is 0 Å². The van der Waals surface area contributed by atoms with Gasteiger partial charge in [0.15, 0.2) is 5.17 Å². The first-order valence-corrected chi connectivity index (χ1v) is 11.2. The van der Waals surface area contributed by atoms with E-state index in [4.69, 9.17) is 0 Å². The van der Waals surface area contributed by atoms with E-state index in [9.17, 15) is 13.2 Å². The molecule has 136 valence electrons. The normalized spacial score (nSPS) is 24.2. The van der Waals surface area contributed by atoms with E-state index in [-0.39, 0.29) is 22.1 Å². The smallest absolute Gasteiger partial charge is 0.284 e. The van der Waals surface area contributed by atoms with Crippen LogP contribution in [0.25, 0.3) is 0 Å². The van der Waals surface area contributed by atoms with Crippen LogP contribution in [0.2, 0.25) is 0 Å². The highest BCUT2D eigenvalue weighted by Gasteiger charge is 2.40. The predicted molar refractivity (Wildman–Crippen MR) is 101 cm³/mol. The van der Waals surface area contributed by atoms with E-state index in [0.29, 0.717) is 5.17 Å². The van der Waals surface area contributed by atoms with Gasteiger partial charge in [-0.15, -0.1) is 4.40 Å². The average Bonchev–Trinajstić information content (AvgIpc) is 2.89. The molecule has 1 aliphatic carbocycles. The fourth-order valence-corrected chi connectivity index (χ4v) is 5.58. The highest BCUT2D eigenvalue weighted by molar-refractivity contribution is 8.16. The molecule has 5 nitrogen and oxygen atoms in total. The number of amidine groups is 1. The summed E-state index contributed by atoms with van der Waals surface area (Å²) < 4.78 is 29.4. The second kappa shape index (κ2) is 7.50. The SMILES string of the molecule is CCc1ccc(S(=O)(=O)N=C2S[C@H](C)C(=O)N2C2CCCCC2)cc1. The van der Waals surface area contributed by atoms with Crippen LogP contribution in [0.4, 0.5) is 0 Å². The molecule has 7 heteroatoms. The summed E-state index contributed by atoms with van der Waals surface area (Å²) in [5, 5.41) is 0.0577. The number of hydrogen-bond donors (Lipinski definition) is 0. The molecule has 0 spiro atoms. The fourth-order valence-electron chi connectivity index (χ4n) is 3.35. The van der Waals surface area contributed by atoms with Gasteiger partial charge in [0.25, 0.3) is 10.0 Å². The minimum absolute atomic E-state index is 0.0211. The molecule has 0 N–H and O–H groups in total. The molecule has 0 aromatic heterocycles. The van der Waals surface area contributed by atoms with Crippen molar-refractivity contribution in [3.8, 4) is 0 Å². The molecular weight excluding hydrogens is 356 g/mol. The van der Waals surface area contributed by atoms with E-state index in [1.165, 1.54) is 18.2 Å². The number of benzene rings is 1. The molecule has 1 aromatic rings. The quantitative estimate of drug-likeness (QED) is 0.800. The molecule has 25 heavy (non-hydrogen) atoms. The van der Waals surface area contributed by atoms with Crippen molar-refractivity contribution in [3.05, 3.63) is 29.8 Å². The second-order valence-electron chi connectivity index (χ2n) is 6.61. The molecule has 1 heterocycles. The zero-order valence-electron chi connectivity index (χ0n) is 14.6. The van der Waals surface area contributed by atoms with Crippen molar-refractivity contribution in [3.63, 3.8) is 0 Å². The Kier molecular flexibility index (Phi) is 5.53. The van der Waals surface area contributed by atoms with E-state index in [0.717, 1.165) is 37.7 Å². The van der Waals surface area contributed by atoms with E-state index in [1.54, 1.807) is 17.0 Å². The molecule has 1 saturated heterocycles. The molecule has 2 fully saturated rings. The molecule has 1 amide bonds. The van der Waals surface area contributed by atoms with Gasteiger partial charge < -0.3 is 0 Å². The largest absolute Gasteiger partial charge is 0.287 e. The summed E-state index contributed by atoms with van der Waals surface area (Å²) in [6, 6.07) is 6.88. The number of carbonyl (C=O) groups is 1. The molecule has 0 radical (unpaired) electrons. The van der Waals surface area contributed by atoms with Crippen molar-refractivity contribution in [1.29, 1.82) is 0 Å². The summed E-state index contributed by atoms with van der Waals surface area (Å²) >= 11 is 1.25. The van der Waals surface area contributed by atoms with Crippen LogP contribution in [-0.4, -0.2) is 35.7 Å². The molecule has 3 rings (SSSR count). The molecule has 0 bridgehead atoms. The first-order chi connectivity index (χ1) is 11.9. The lowest BCUT2D eigenvalue weighted by Gasteiger charge is -2.30. The van der Waals surface area contributed by atoms with Crippen LogP contribution in [-0.2, 0) is 21.2 Å². The lowest BCUT2D eigenvalue weighted by Crippen LogP contribution is -2.42. The highest BCUT2D eigenvalue weighted by atomic mass is 32.2. The molecule has 1 aliphatic heterocycles. The van der Waals surface area contributed by atoms with Crippen molar-refractivity contribution in [2.75, 3.05) is 0 Å². The number of aryl methyl sites for hydroxylation is 1. The van der Waals surface area contributed by atoms with E-state index < -0.39 is 10.0 Å².